The molecule has 0 spiro atoms. The van der Waals surface area contributed by atoms with Crippen LogP contribution in [0.15, 0.2) is 46.9 Å². The number of H-pyrrole nitrogens is 1. The fraction of sp³-hybridized carbons (Fsp3) is 0.118. The Morgan fingerprint density at radius 1 is 1.29 bits per heavy atom. The number of carbonyl (C=O) groups is 1. The van der Waals surface area contributed by atoms with E-state index in [9.17, 15) is 4.79 Å². The topological polar surface area (TPSA) is 67.9 Å². The number of benzene rings is 1. The number of Topliss-reactive ketones (excluding diaryl/α,β-unsaturated/α-hetero) is 1. The largest absolute Gasteiger partial charge is 0.496 e. The first-order valence-electron chi connectivity index (χ1n) is 7.19. The molecule has 122 valence electrons. The van der Waals surface area contributed by atoms with Gasteiger partial charge in [0.1, 0.15) is 11.6 Å². The molecule has 0 amide bonds. The summed E-state index contributed by atoms with van der Waals surface area (Å²) in [6.07, 6.45) is 3.84. The first-order chi connectivity index (χ1) is 11.8. The van der Waals surface area contributed by atoms with Crippen LogP contribution in [0.25, 0.3) is 12.2 Å². The Bertz CT molecular complexity index is 841. The number of nitrogens with one attached hydrogen (secondary N) is 1. The summed E-state index contributed by atoms with van der Waals surface area (Å²) in [7, 11) is 1.56. The zero-order valence-electron chi connectivity index (χ0n) is 12.9. The Hall–Kier alpha value is -2.38. The summed E-state index contributed by atoms with van der Waals surface area (Å²) in [5.74, 6) is 1.48. The maximum absolute atomic E-state index is 12.3. The summed E-state index contributed by atoms with van der Waals surface area (Å²) >= 11 is 2.95. The normalized spacial score (nSPS) is 11.0. The summed E-state index contributed by atoms with van der Waals surface area (Å²) in [5, 5.41) is 9.54. The van der Waals surface area contributed by atoms with E-state index in [-0.39, 0.29) is 11.5 Å². The number of para-hydroxylation sites is 1. The Labute approximate surface area is 147 Å². The molecule has 0 aliphatic heterocycles. The van der Waals surface area contributed by atoms with Crippen molar-refractivity contribution in [2.24, 2.45) is 0 Å². The van der Waals surface area contributed by atoms with Crippen molar-refractivity contribution >= 4 is 41.0 Å². The third kappa shape index (κ3) is 4.12. The highest BCUT2D eigenvalue weighted by molar-refractivity contribution is 7.99. The van der Waals surface area contributed by atoms with E-state index in [2.05, 4.69) is 15.2 Å². The Morgan fingerprint density at radius 3 is 2.96 bits per heavy atom. The molecule has 0 aliphatic carbocycles. The highest BCUT2D eigenvalue weighted by atomic mass is 32.2. The molecule has 0 bridgehead atoms. The zero-order valence-corrected chi connectivity index (χ0v) is 14.6. The minimum Gasteiger partial charge on any atom is -0.496 e. The van der Waals surface area contributed by atoms with Crippen LogP contribution < -0.4 is 4.74 Å². The quantitative estimate of drug-likeness (QED) is 0.511. The van der Waals surface area contributed by atoms with Gasteiger partial charge in [-0.25, -0.2) is 4.98 Å². The van der Waals surface area contributed by atoms with Crippen molar-refractivity contribution in [3.8, 4) is 5.75 Å². The lowest BCUT2D eigenvalue weighted by Gasteiger charge is -2.05. The van der Waals surface area contributed by atoms with Gasteiger partial charge in [0.25, 0.3) is 0 Å². The molecule has 5 nitrogen and oxygen atoms in total. The number of aromatic nitrogens is 3. The molecule has 24 heavy (non-hydrogen) atoms. The lowest BCUT2D eigenvalue weighted by Crippen LogP contribution is -2.04. The third-order valence-corrected chi connectivity index (χ3v) is 4.86. The van der Waals surface area contributed by atoms with E-state index >= 15 is 0 Å². The van der Waals surface area contributed by atoms with E-state index < -0.39 is 0 Å². The number of hydrogen-bond acceptors (Lipinski definition) is 6. The number of aromatic amines is 1. The second-order valence-corrected chi connectivity index (χ2v) is 6.69. The Kier molecular flexibility index (Phi) is 5.45. The van der Waals surface area contributed by atoms with Gasteiger partial charge in [-0.15, -0.1) is 16.4 Å². The molecule has 2 aromatic heterocycles. The summed E-state index contributed by atoms with van der Waals surface area (Å²) in [6.45, 7) is 0. The van der Waals surface area contributed by atoms with E-state index in [1.165, 1.54) is 11.8 Å². The van der Waals surface area contributed by atoms with Crippen LogP contribution in [0, 0.1) is 0 Å². The van der Waals surface area contributed by atoms with Crippen LogP contribution in [-0.2, 0) is 0 Å². The van der Waals surface area contributed by atoms with E-state index in [1.54, 1.807) is 30.6 Å². The van der Waals surface area contributed by atoms with Gasteiger partial charge in [-0.05, 0) is 35.7 Å². The van der Waals surface area contributed by atoms with E-state index in [0.29, 0.717) is 22.3 Å². The molecule has 3 aromatic rings. The van der Waals surface area contributed by atoms with Crippen molar-refractivity contribution in [2.75, 3.05) is 12.9 Å². The number of methoxy groups -OCH3 is 1. The lowest BCUT2D eigenvalue weighted by atomic mass is 10.1. The van der Waals surface area contributed by atoms with Gasteiger partial charge in [0, 0.05) is 4.88 Å². The monoisotopic (exact) mass is 357 g/mol. The predicted molar refractivity (Wildman–Crippen MR) is 97.7 cm³/mol. The summed E-state index contributed by atoms with van der Waals surface area (Å²) in [5.41, 5.74) is 0.570. The van der Waals surface area contributed by atoms with E-state index in [4.69, 9.17) is 4.74 Å². The minimum absolute atomic E-state index is 0.0158. The van der Waals surface area contributed by atoms with Crippen LogP contribution in [0.5, 0.6) is 5.75 Å². The van der Waals surface area contributed by atoms with Crippen LogP contribution >= 0.6 is 23.1 Å². The SMILES string of the molecule is COc1ccccc1C(=O)CSc1n[nH]c(/C=C/c2cccs2)n1. The van der Waals surface area contributed by atoms with Crippen LogP contribution in [-0.4, -0.2) is 33.8 Å². The number of rotatable bonds is 7. The number of carbonyl (C=O) groups excluding carboxylic acids is 1. The Balaban J connectivity index is 1.60. The number of thiophene rings is 1. The van der Waals surface area contributed by atoms with Gasteiger partial charge in [0.2, 0.25) is 5.16 Å². The standard InChI is InChI=1S/C17H15N3O2S2/c1-22-15-7-3-2-6-13(15)14(21)11-24-17-18-16(19-20-17)9-8-12-5-4-10-23-12/h2-10H,11H2,1H3,(H,18,19,20)/b9-8+. The Morgan fingerprint density at radius 2 is 2.17 bits per heavy atom. The first-order valence-corrected chi connectivity index (χ1v) is 9.06. The second kappa shape index (κ2) is 7.94. The molecule has 1 N–H and O–H groups in total. The van der Waals surface area contributed by atoms with E-state index in [0.717, 1.165) is 4.88 Å². The number of ether oxygens (including phenoxy) is 1. The zero-order chi connectivity index (χ0) is 16.8. The molecular weight excluding hydrogens is 342 g/mol. The molecule has 0 unspecified atom stereocenters. The van der Waals surface area contributed by atoms with Crippen LogP contribution in [0.3, 0.4) is 0 Å². The number of hydrogen-bond donors (Lipinski definition) is 1. The molecule has 2 heterocycles. The second-order valence-electron chi connectivity index (χ2n) is 4.76. The smallest absolute Gasteiger partial charge is 0.209 e. The maximum Gasteiger partial charge on any atom is 0.209 e. The fourth-order valence-corrected chi connectivity index (χ4v) is 3.33. The van der Waals surface area contributed by atoms with Crippen molar-refractivity contribution < 1.29 is 9.53 Å². The fourth-order valence-electron chi connectivity index (χ4n) is 2.03. The number of ketones is 1. The van der Waals surface area contributed by atoms with Crippen molar-refractivity contribution in [2.45, 2.75) is 5.16 Å². The molecule has 0 saturated carbocycles. The molecule has 0 fully saturated rings. The molecule has 0 atom stereocenters. The van der Waals surface area contributed by atoms with Gasteiger partial charge >= 0.3 is 0 Å². The van der Waals surface area contributed by atoms with Crippen LogP contribution in [0.4, 0.5) is 0 Å². The average molecular weight is 357 g/mol. The van der Waals surface area contributed by atoms with Crippen molar-refractivity contribution in [3.63, 3.8) is 0 Å². The van der Waals surface area contributed by atoms with Crippen molar-refractivity contribution in [1.29, 1.82) is 0 Å². The predicted octanol–water partition coefficient (Wildman–Crippen LogP) is 4.02. The molecule has 7 heteroatoms. The summed E-state index contributed by atoms with van der Waals surface area (Å²) in [6, 6.07) is 11.2. The highest BCUT2D eigenvalue weighted by Crippen LogP contribution is 2.21. The van der Waals surface area contributed by atoms with Gasteiger partial charge in [0.15, 0.2) is 5.78 Å². The van der Waals surface area contributed by atoms with Gasteiger partial charge in [-0.2, -0.15) is 0 Å². The molecule has 3 rings (SSSR count). The molecule has 1 aromatic carbocycles. The maximum atomic E-state index is 12.3. The van der Waals surface area contributed by atoms with Gasteiger partial charge in [0.05, 0.1) is 18.4 Å². The van der Waals surface area contributed by atoms with Gasteiger partial charge in [-0.1, -0.05) is 30.0 Å². The van der Waals surface area contributed by atoms with Crippen LogP contribution in [0.2, 0.25) is 0 Å². The number of nitrogens with zero attached hydrogens (tertiary/aromatic N) is 2. The van der Waals surface area contributed by atoms with Crippen LogP contribution in [0.1, 0.15) is 21.1 Å². The molecule has 0 radical (unpaired) electrons. The summed E-state index contributed by atoms with van der Waals surface area (Å²) in [4.78, 5) is 17.8. The van der Waals surface area contributed by atoms with E-state index in [1.807, 2.05) is 41.8 Å². The number of thioether (sulfide) groups is 1. The van der Waals surface area contributed by atoms with Crippen molar-refractivity contribution in [3.05, 3.63) is 58.0 Å². The summed E-state index contributed by atoms with van der Waals surface area (Å²) < 4.78 is 5.21. The molecular formula is C17H15N3O2S2. The average Bonchev–Trinajstić information content (AvgIpc) is 3.29. The molecule has 0 saturated heterocycles. The molecule has 0 aliphatic rings. The highest BCUT2D eigenvalue weighted by Gasteiger charge is 2.13. The van der Waals surface area contributed by atoms with Crippen molar-refractivity contribution in [1.82, 2.24) is 15.2 Å². The first kappa shape index (κ1) is 16.5. The van der Waals surface area contributed by atoms with Gasteiger partial charge in [-0.3, -0.25) is 9.89 Å². The third-order valence-electron chi connectivity index (χ3n) is 3.17. The minimum atomic E-state index is -0.0158. The lowest BCUT2D eigenvalue weighted by molar-refractivity contribution is 0.101. The van der Waals surface area contributed by atoms with Gasteiger partial charge < -0.3 is 4.74 Å².